The number of carbonyl (C=O) groups is 2. The Balaban J connectivity index is 1.28. The van der Waals surface area contributed by atoms with Gasteiger partial charge in [0.2, 0.25) is 0 Å². The van der Waals surface area contributed by atoms with Crippen LogP contribution in [-0.4, -0.2) is 76.6 Å². The zero-order valence-corrected chi connectivity index (χ0v) is 26.4. The third kappa shape index (κ3) is 5.43. The molecule has 1 heterocycles. The monoisotopic (exact) mass is 596 g/mol. The molecule has 0 aromatic rings. The van der Waals surface area contributed by atoms with Crippen molar-refractivity contribution >= 4 is 22.8 Å². The van der Waals surface area contributed by atoms with E-state index in [-0.39, 0.29) is 57.6 Å². The van der Waals surface area contributed by atoms with Crippen LogP contribution < -0.4 is 0 Å². The van der Waals surface area contributed by atoms with Crippen LogP contribution in [0.25, 0.3) is 0 Å². The number of thioether (sulfide) groups is 1. The Hall–Kier alpha value is -0.710. The van der Waals surface area contributed by atoms with Crippen LogP contribution in [-0.2, 0) is 23.8 Å². The molecule has 5 rings (SSSR count). The van der Waals surface area contributed by atoms with Gasteiger partial charge in [0.25, 0.3) is 0 Å². The molecule has 3 N–H and O–H groups in total. The number of hydrogen-bond acceptors (Lipinski definition) is 9. The lowest BCUT2D eigenvalue weighted by atomic mass is 9.43. The average molecular weight is 597 g/mol. The molecular formula is C32H52O8S. The number of aliphatic hydroxyl groups is 3. The fourth-order valence-electron chi connectivity index (χ4n) is 10.3. The summed E-state index contributed by atoms with van der Waals surface area (Å²) in [6.45, 7) is 9.59. The van der Waals surface area contributed by atoms with Gasteiger partial charge in [-0.15, -0.1) is 0 Å². The number of ether oxygens (including phenoxy) is 3. The third-order valence-electron chi connectivity index (χ3n) is 12.8. The average Bonchev–Trinajstić information content (AvgIpc) is 3.57. The van der Waals surface area contributed by atoms with E-state index >= 15 is 0 Å². The summed E-state index contributed by atoms with van der Waals surface area (Å²) >= 11 is 0.951. The molecule has 1 unspecified atom stereocenters. The maximum Gasteiger partial charge on any atom is 0.316 e. The van der Waals surface area contributed by atoms with Crippen molar-refractivity contribution in [1.82, 2.24) is 0 Å². The summed E-state index contributed by atoms with van der Waals surface area (Å²) in [5, 5.41) is 33.7. The van der Waals surface area contributed by atoms with Crippen LogP contribution in [0, 0.1) is 52.3 Å². The van der Waals surface area contributed by atoms with Crippen molar-refractivity contribution in [3.05, 3.63) is 0 Å². The summed E-state index contributed by atoms with van der Waals surface area (Å²) in [6.07, 6.45) is 6.36. The summed E-state index contributed by atoms with van der Waals surface area (Å²) in [5.74, 6) is -0.360. The van der Waals surface area contributed by atoms with Crippen LogP contribution in [0.15, 0.2) is 0 Å². The first-order valence-electron chi connectivity index (χ1n) is 15.9. The van der Waals surface area contributed by atoms with Crippen molar-refractivity contribution in [3.63, 3.8) is 0 Å². The molecule has 5 aliphatic rings. The molecule has 4 aliphatic carbocycles. The van der Waals surface area contributed by atoms with Gasteiger partial charge in [-0.25, -0.2) is 0 Å². The number of aliphatic hydroxyl groups excluding tert-OH is 3. The molecule has 41 heavy (non-hydrogen) atoms. The number of esters is 1. The topological polar surface area (TPSA) is 123 Å². The number of rotatable bonds is 8. The number of methoxy groups -OCH3 is 1. The first-order chi connectivity index (χ1) is 19.4. The largest absolute Gasteiger partial charge is 0.468 e. The first-order valence-corrected chi connectivity index (χ1v) is 16.9. The highest BCUT2D eigenvalue weighted by atomic mass is 32.2. The Morgan fingerprint density at radius 2 is 1.71 bits per heavy atom. The Labute approximate surface area is 249 Å². The van der Waals surface area contributed by atoms with Gasteiger partial charge in [-0.3, -0.25) is 9.59 Å². The zero-order chi connectivity index (χ0) is 29.7. The van der Waals surface area contributed by atoms with Crippen molar-refractivity contribution in [2.75, 3.05) is 26.1 Å². The van der Waals surface area contributed by atoms with E-state index in [4.69, 9.17) is 9.47 Å². The molecule has 0 amide bonds. The SMILES string of the molecule is COC(=O)CSC(=O)C(C)C1(CC[C@@H](C)[C@H]2CC[C@H]3[C@@H]4[C@H](O)C[C@@H]5C[C@H](O)CC[C@]5(C)[C@H]4C[C@H](O)[C@]23C)OCCO1. The van der Waals surface area contributed by atoms with Gasteiger partial charge in [0, 0.05) is 6.42 Å². The lowest BCUT2D eigenvalue weighted by Crippen LogP contribution is -2.62. The third-order valence-corrected chi connectivity index (χ3v) is 13.8. The fourth-order valence-corrected chi connectivity index (χ4v) is 11.1. The Morgan fingerprint density at radius 1 is 1.00 bits per heavy atom. The second-order valence-corrected chi connectivity index (χ2v) is 15.4. The predicted molar refractivity (Wildman–Crippen MR) is 156 cm³/mol. The van der Waals surface area contributed by atoms with Gasteiger partial charge < -0.3 is 29.5 Å². The number of carbonyl (C=O) groups excluding carboxylic acids is 2. The van der Waals surface area contributed by atoms with Crippen LogP contribution in [0.5, 0.6) is 0 Å². The molecule has 5 fully saturated rings. The molecule has 0 bridgehead atoms. The van der Waals surface area contributed by atoms with Crippen molar-refractivity contribution < 1.29 is 39.1 Å². The minimum atomic E-state index is -1.00. The lowest BCUT2D eigenvalue weighted by molar-refractivity contribution is -0.209. The van der Waals surface area contributed by atoms with E-state index < -0.39 is 23.8 Å². The summed E-state index contributed by atoms with van der Waals surface area (Å²) in [6, 6.07) is 0. The molecule has 12 atom stereocenters. The van der Waals surface area contributed by atoms with Crippen LogP contribution in [0.2, 0.25) is 0 Å². The minimum Gasteiger partial charge on any atom is -0.468 e. The van der Waals surface area contributed by atoms with Crippen molar-refractivity contribution in [2.24, 2.45) is 52.3 Å². The van der Waals surface area contributed by atoms with Gasteiger partial charge in [0.15, 0.2) is 10.9 Å². The van der Waals surface area contributed by atoms with Gasteiger partial charge >= 0.3 is 5.97 Å². The fraction of sp³-hybridized carbons (Fsp3) is 0.938. The van der Waals surface area contributed by atoms with Gasteiger partial charge in [0.05, 0.1) is 50.3 Å². The maximum absolute atomic E-state index is 13.0. The van der Waals surface area contributed by atoms with Gasteiger partial charge in [-0.05, 0) is 105 Å². The van der Waals surface area contributed by atoms with Crippen LogP contribution in [0.4, 0.5) is 0 Å². The maximum atomic E-state index is 13.0. The second-order valence-electron chi connectivity index (χ2n) is 14.5. The molecule has 0 aromatic heterocycles. The van der Waals surface area contributed by atoms with Gasteiger partial charge in [-0.1, -0.05) is 32.5 Å². The van der Waals surface area contributed by atoms with Crippen LogP contribution in [0.3, 0.4) is 0 Å². The van der Waals surface area contributed by atoms with Crippen molar-refractivity contribution in [3.8, 4) is 0 Å². The normalized spacial score (nSPS) is 44.8. The Kier molecular flexibility index (Phi) is 9.28. The number of hydrogen-bond donors (Lipinski definition) is 3. The Bertz CT molecular complexity index is 969. The van der Waals surface area contributed by atoms with Crippen LogP contribution >= 0.6 is 11.8 Å². The van der Waals surface area contributed by atoms with Crippen molar-refractivity contribution in [1.29, 1.82) is 0 Å². The lowest BCUT2D eigenvalue weighted by Gasteiger charge is -2.63. The molecule has 0 radical (unpaired) electrons. The number of fused-ring (bicyclic) bond motifs is 5. The van der Waals surface area contributed by atoms with E-state index in [2.05, 4.69) is 25.5 Å². The summed E-state index contributed by atoms with van der Waals surface area (Å²) in [7, 11) is 1.31. The smallest absolute Gasteiger partial charge is 0.316 e. The molecule has 8 nitrogen and oxygen atoms in total. The standard InChI is InChI=1S/C32H52O8S/c1-18(8-11-32(39-12-13-40-32)19(2)29(37)41-17-27(36)38-5)22-6-7-23-28-24(16-26(35)31(22,23)4)30(3)10-9-21(33)14-20(30)15-25(28)34/h18-26,28,33-35H,6-17H2,1-5H3/t18-,19?,20+,21-,22-,23+,24+,25-,26+,28+,30+,31-/m1/s1. The van der Waals surface area contributed by atoms with Gasteiger partial charge in [-0.2, -0.15) is 0 Å². The molecule has 4 saturated carbocycles. The Morgan fingerprint density at radius 3 is 2.39 bits per heavy atom. The molecule has 1 aliphatic heterocycles. The highest BCUT2D eigenvalue weighted by Crippen LogP contribution is 2.68. The van der Waals surface area contributed by atoms with Crippen LogP contribution in [0.1, 0.15) is 85.5 Å². The van der Waals surface area contributed by atoms with E-state index in [9.17, 15) is 24.9 Å². The molecule has 1 saturated heterocycles. The quantitative estimate of drug-likeness (QED) is 0.354. The van der Waals surface area contributed by atoms with E-state index in [0.717, 1.165) is 63.1 Å². The molecule has 0 spiro atoms. The van der Waals surface area contributed by atoms with Gasteiger partial charge in [0.1, 0.15) is 0 Å². The highest BCUT2D eigenvalue weighted by Gasteiger charge is 2.65. The second kappa shape index (κ2) is 12.0. The predicted octanol–water partition coefficient (Wildman–Crippen LogP) is 4.18. The minimum absolute atomic E-state index is 0.0275. The first kappa shape index (κ1) is 31.7. The molecule has 234 valence electrons. The van der Waals surface area contributed by atoms with E-state index in [1.807, 2.05) is 6.92 Å². The van der Waals surface area contributed by atoms with E-state index in [1.165, 1.54) is 7.11 Å². The zero-order valence-electron chi connectivity index (χ0n) is 25.5. The highest BCUT2D eigenvalue weighted by molar-refractivity contribution is 8.14. The van der Waals surface area contributed by atoms with E-state index in [1.54, 1.807) is 0 Å². The summed E-state index contributed by atoms with van der Waals surface area (Å²) in [5.41, 5.74) is -0.214. The molecular weight excluding hydrogens is 544 g/mol. The van der Waals surface area contributed by atoms with E-state index in [0.29, 0.717) is 31.5 Å². The summed E-state index contributed by atoms with van der Waals surface area (Å²) in [4.78, 5) is 24.6. The molecule has 9 heteroatoms. The summed E-state index contributed by atoms with van der Waals surface area (Å²) < 4.78 is 16.9. The van der Waals surface area contributed by atoms with Crippen molar-refractivity contribution in [2.45, 2.75) is 110 Å². The molecule has 0 aromatic carbocycles.